The number of unbranched alkanes of at least 4 members (excludes halogenated alkanes) is 6. The smallest absolute Gasteiger partial charge is 0.205 e. The summed E-state index contributed by atoms with van der Waals surface area (Å²) in [6.45, 7) is 8.86. The van der Waals surface area contributed by atoms with Crippen molar-refractivity contribution >= 4 is 23.8 Å². The first-order valence-corrected chi connectivity index (χ1v) is 15.2. The Balaban J connectivity index is 1.95. The summed E-state index contributed by atoms with van der Waals surface area (Å²) >= 11 is 0. The molecule has 0 fully saturated rings. The van der Waals surface area contributed by atoms with Gasteiger partial charge in [-0.05, 0) is 50.3 Å². The second kappa shape index (κ2) is 16.4. The Morgan fingerprint density at radius 2 is 1.04 bits per heavy atom. The zero-order valence-electron chi connectivity index (χ0n) is 26.0. The third-order valence-electron chi connectivity index (χ3n) is 8.30. The molecule has 0 aliphatic heterocycles. The third kappa shape index (κ3) is 11.8. The first kappa shape index (κ1) is 40.1. The minimum absolute atomic E-state index is 0.189. The van der Waals surface area contributed by atoms with Crippen molar-refractivity contribution in [3.05, 3.63) is 60.7 Å². The van der Waals surface area contributed by atoms with Crippen LogP contribution in [0.1, 0.15) is 71.1 Å². The maximum absolute atomic E-state index is 13.2. The Bertz CT molecular complexity index is 1230. The lowest BCUT2D eigenvalue weighted by Gasteiger charge is -2.34. The number of halogens is 12. The maximum atomic E-state index is 13.2. The van der Waals surface area contributed by atoms with Crippen LogP contribution in [0.15, 0.2) is 60.7 Å². The fourth-order valence-corrected chi connectivity index (χ4v) is 5.12. The number of rotatable bonds is 16. The molecule has 14 heteroatoms. The van der Waals surface area contributed by atoms with Crippen molar-refractivity contribution in [1.82, 2.24) is 0 Å². The molecule has 0 saturated carbocycles. The van der Waals surface area contributed by atoms with E-state index in [0.29, 0.717) is 44.5 Å². The summed E-state index contributed by atoms with van der Waals surface area (Å²) < 4.78 is 159. The molecular formula is C33H40F12N2+2. The Morgan fingerprint density at radius 1 is 0.596 bits per heavy atom. The molecule has 47 heavy (non-hydrogen) atoms. The lowest BCUT2D eigenvalue weighted by atomic mass is 9.83. The number of nitrogens with zero attached hydrogens (tertiary/aromatic N) is 2. The van der Waals surface area contributed by atoms with E-state index in [0.717, 1.165) is 17.0 Å². The van der Waals surface area contributed by atoms with Crippen molar-refractivity contribution in [2.75, 3.05) is 13.1 Å². The summed E-state index contributed by atoms with van der Waals surface area (Å²) in [7, 11) is 0. The first-order chi connectivity index (χ1) is 21.6. The van der Waals surface area contributed by atoms with E-state index in [1.807, 2.05) is 28.9 Å². The van der Waals surface area contributed by atoms with Gasteiger partial charge in [0, 0.05) is 49.3 Å². The maximum Gasteiger partial charge on any atom is 0.402 e. The lowest BCUT2D eigenvalue weighted by molar-refractivity contribution is -0.441. The molecule has 0 N–H and O–H groups in total. The molecule has 0 aromatic heterocycles. The molecule has 0 atom stereocenters. The van der Waals surface area contributed by atoms with Crippen LogP contribution in [0.25, 0.3) is 0 Å². The molecule has 2 rings (SSSR count). The molecule has 1 aliphatic rings. The van der Waals surface area contributed by atoms with Gasteiger partial charge in [-0.25, -0.2) is 4.58 Å². The van der Waals surface area contributed by atoms with Crippen LogP contribution in [0.2, 0.25) is 0 Å². The van der Waals surface area contributed by atoms with Crippen molar-refractivity contribution in [1.29, 1.82) is 0 Å². The monoisotopic (exact) mass is 692 g/mol. The highest BCUT2D eigenvalue weighted by Crippen LogP contribution is 2.53. The van der Waals surface area contributed by atoms with E-state index < -0.39 is 48.9 Å². The van der Waals surface area contributed by atoms with E-state index in [4.69, 9.17) is 0 Å². The van der Waals surface area contributed by atoms with Gasteiger partial charge in [-0.2, -0.15) is 57.3 Å². The summed E-state index contributed by atoms with van der Waals surface area (Å²) in [5.41, 5.74) is -0.702. The van der Waals surface area contributed by atoms with Gasteiger partial charge in [0.1, 0.15) is 19.8 Å². The van der Waals surface area contributed by atoms with Gasteiger partial charge < -0.3 is 0 Å². The van der Waals surface area contributed by atoms with Crippen molar-refractivity contribution in [3.63, 3.8) is 0 Å². The molecule has 1 aromatic rings. The number of benzene rings is 1. The summed E-state index contributed by atoms with van der Waals surface area (Å²) in [5, 5.41) is 0. The van der Waals surface area contributed by atoms with Gasteiger partial charge in [0.2, 0.25) is 17.1 Å². The Hall–Kier alpha value is -3.06. The molecule has 1 aromatic carbocycles. The van der Waals surface area contributed by atoms with Gasteiger partial charge in [0.15, 0.2) is 11.3 Å². The molecule has 0 unspecified atom stereocenters. The largest absolute Gasteiger partial charge is 0.402 e. The van der Waals surface area contributed by atoms with Crippen LogP contribution in [-0.4, -0.2) is 59.4 Å². The highest BCUT2D eigenvalue weighted by Gasteiger charge is 2.66. The van der Waals surface area contributed by atoms with E-state index in [1.165, 1.54) is 0 Å². The van der Waals surface area contributed by atoms with Crippen LogP contribution >= 0.6 is 0 Å². The first-order valence-electron chi connectivity index (χ1n) is 15.2. The van der Waals surface area contributed by atoms with Crippen molar-refractivity contribution in [2.45, 2.75) is 95.8 Å². The Labute approximate surface area is 266 Å². The molecule has 0 radical (unpaired) electrons. The van der Waals surface area contributed by atoms with E-state index in [2.05, 4.69) is 13.3 Å². The van der Waals surface area contributed by atoms with E-state index in [-0.39, 0.29) is 32.6 Å². The minimum atomic E-state index is -5.40. The fourth-order valence-electron chi connectivity index (χ4n) is 5.12. The van der Waals surface area contributed by atoms with E-state index in [9.17, 15) is 52.7 Å². The summed E-state index contributed by atoms with van der Waals surface area (Å²) in [4.78, 5) is 0. The van der Waals surface area contributed by atoms with Gasteiger partial charge in [-0.3, -0.25) is 0 Å². The van der Waals surface area contributed by atoms with Gasteiger partial charge in [-0.15, -0.1) is 0 Å². The predicted octanol–water partition coefficient (Wildman–Crippen LogP) is 11.6. The van der Waals surface area contributed by atoms with Crippen LogP contribution in [0.4, 0.5) is 64.1 Å². The topological polar surface area (TPSA) is 6.02 Å². The molecular weight excluding hydrogens is 652 g/mol. The van der Waals surface area contributed by atoms with Crippen LogP contribution in [0, 0.1) is 11.3 Å². The highest BCUT2D eigenvalue weighted by molar-refractivity contribution is 6.02. The van der Waals surface area contributed by atoms with Crippen LogP contribution in [0.5, 0.6) is 0 Å². The average molecular weight is 693 g/mol. The van der Waals surface area contributed by atoms with Crippen LogP contribution < -0.4 is 0 Å². The molecule has 0 saturated heterocycles. The van der Waals surface area contributed by atoms with Gasteiger partial charge in [0.25, 0.3) is 0 Å². The summed E-state index contributed by atoms with van der Waals surface area (Å²) in [5.74, 6) is -3.33. The third-order valence-corrected chi connectivity index (χ3v) is 8.30. The SMILES string of the molecule is C=C1C=CC(=[N+](CCCCCCC(C)(C(F)(F)F)C(F)(F)F)c2ccc([N+](=C)CCCCCCC(C(F)(F)F)C(F)(F)F)cc2)C=C1. The lowest BCUT2D eigenvalue weighted by Crippen LogP contribution is -2.47. The molecule has 0 spiro atoms. The predicted molar refractivity (Wildman–Crippen MR) is 158 cm³/mol. The van der Waals surface area contributed by atoms with Crippen LogP contribution in [0.3, 0.4) is 0 Å². The van der Waals surface area contributed by atoms with Gasteiger partial charge >= 0.3 is 24.7 Å². The summed E-state index contributed by atoms with van der Waals surface area (Å²) in [6, 6.07) is 7.21. The zero-order valence-corrected chi connectivity index (χ0v) is 26.0. The molecule has 0 bridgehead atoms. The van der Waals surface area contributed by atoms with Gasteiger partial charge in [-0.1, -0.05) is 32.3 Å². The Morgan fingerprint density at radius 3 is 1.53 bits per heavy atom. The number of alkyl halides is 12. The second-order valence-electron chi connectivity index (χ2n) is 11.9. The normalized spacial score (nSPS) is 14.8. The highest BCUT2D eigenvalue weighted by atomic mass is 19.4. The minimum Gasteiger partial charge on any atom is -0.205 e. The zero-order chi connectivity index (χ0) is 35.7. The average Bonchev–Trinajstić information content (AvgIpc) is 2.94. The van der Waals surface area contributed by atoms with Crippen molar-refractivity contribution in [3.8, 4) is 0 Å². The number of allylic oxidation sites excluding steroid dienone is 5. The number of hydrogen-bond donors (Lipinski definition) is 0. The fraction of sp³-hybridized carbons (Fsp3) is 0.576. The van der Waals surface area contributed by atoms with Crippen LogP contribution in [-0.2, 0) is 0 Å². The molecule has 264 valence electrons. The van der Waals surface area contributed by atoms with Crippen molar-refractivity contribution < 1.29 is 61.8 Å². The summed E-state index contributed by atoms with van der Waals surface area (Å²) in [6.07, 6.45) is -14.4. The molecule has 2 nitrogen and oxygen atoms in total. The molecule has 1 aliphatic carbocycles. The second-order valence-corrected chi connectivity index (χ2v) is 11.9. The van der Waals surface area contributed by atoms with Gasteiger partial charge in [0.05, 0.1) is 0 Å². The van der Waals surface area contributed by atoms with E-state index in [1.54, 1.807) is 28.9 Å². The molecule has 0 amide bonds. The van der Waals surface area contributed by atoms with Crippen molar-refractivity contribution in [2.24, 2.45) is 11.3 Å². The number of hydrogen-bond acceptors (Lipinski definition) is 0. The van der Waals surface area contributed by atoms with E-state index >= 15 is 0 Å². The standard InChI is InChI=1S/C33H40F12N2/c1-24-13-15-26(16-14-24)47(23-11-7-5-9-21-29(2,32(40,41)42)33(43,44)45)27-19-17-25(18-20-27)46(3)22-10-6-4-8-12-28(30(34,35)36)31(37,38)39/h13-20,28H,1,3-12,21-23H2,2H3/q+2. The molecule has 0 heterocycles. The Kier molecular flexibility index (Phi) is 14.0. The quantitative estimate of drug-likeness (QED) is 0.0704.